The Labute approximate surface area is 111 Å². The van der Waals surface area contributed by atoms with Crippen molar-refractivity contribution in [2.45, 2.75) is 56.5 Å². The van der Waals surface area contributed by atoms with E-state index in [0.717, 1.165) is 12.8 Å². The fraction of sp³-hybridized carbons (Fsp3) is 0.900. The Kier molecular flexibility index (Phi) is 4.75. The number of hydrogen-bond donors (Lipinski definition) is 2. The van der Waals surface area contributed by atoms with Gasteiger partial charge >= 0.3 is 0 Å². The maximum Gasteiger partial charge on any atom is 0.252 e. The van der Waals surface area contributed by atoms with Crippen molar-refractivity contribution in [1.82, 2.24) is 5.32 Å². The van der Waals surface area contributed by atoms with Crippen LogP contribution in [0.15, 0.2) is 4.99 Å². The van der Waals surface area contributed by atoms with Crippen molar-refractivity contribution in [3.63, 3.8) is 0 Å². The monoisotopic (exact) mass is 345 g/mol. The Morgan fingerprint density at radius 1 is 1.25 bits per heavy atom. The van der Waals surface area contributed by atoms with Crippen molar-refractivity contribution in [3.8, 4) is 0 Å². The van der Waals surface area contributed by atoms with E-state index in [2.05, 4.69) is 10.3 Å². The second kappa shape index (κ2) is 5.46. The average Bonchev–Trinajstić information content (AvgIpc) is 2.52. The maximum absolute atomic E-state index is 12.5. The summed E-state index contributed by atoms with van der Waals surface area (Å²) in [5, 5.41) is 2.85. The van der Waals surface area contributed by atoms with Crippen molar-refractivity contribution in [1.29, 1.82) is 0 Å². The molecule has 0 unspecified atom stereocenters. The van der Waals surface area contributed by atoms with Crippen LogP contribution in [-0.2, 0) is 0 Å². The molecular weight excluding hydrogens is 327 g/mol. The van der Waals surface area contributed by atoms with E-state index in [0.29, 0.717) is 12.0 Å². The van der Waals surface area contributed by atoms with E-state index < -0.39 is 5.92 Å². The van der Waals surface area contributed by atoms with E-state index in [1.165, 1.54) is 12.8 Å². The van der Waals surface area contributed by atoms with Crippen LogP contribution in [0, 0.1) is 0 Å². The predicted molar refractivity (Wildman–Crippen MR) is 70.4 cm³/mol. The molecule has 0 aromatic heterocycles. The summed E-state index contributed by atoms with van der Waals surface area (Å²) in [4.78, 5) is 4.28. The second-order valence-electron chi connectivity index (χ2n) is 4.56. The number of hydrogen-bond acceptors (Lipinski definition) is 1. The molecule has 6 heteroatoms. The van der Waals surface area contributed by atoms with Crippen LogP contribution in [0.3, 0.4) is 0 Å². The van der Waals surface area contributed by atoms with Crippen LogP contribution in [0.25, 0.3) is 0 Å². The molecule has 0 atom stereocenters. The number of aliphatic imine (C=N–C) groups is 1. The summed E-state index contributed by atoms with van der Waals surface area (Å²) in [5.41, 5.74) is 5.65. The van der Waals surface area contributed by atoms with E-state index in [1.54, 1.807) is 0 Å². The number of nitrogens with two attached hydrogens (primary N) is 1. The summed E-state index contributed by atoms with van der Waals surface area (Å²) in [6.07, 6.45) is 4.31. The Hall–Kier alpha value is -0.140. The minimum Gasteiger partial charge on any atom is -0.370 e. The normalized spacial score (nSPS) is 26.0. The van der Waals surface area contributed by atoms with Gasteiger partial charge in [-0.1, -0.05) is 12.8 Å². The van der Waals surface area contributed by atoms with E-state index >= 15 is 0 Å². The van der Waals surface area contributed by atoms with Crippen LogP contribution in [0.4, 0.5) is 8.78 Å². The van der Waals surface area contributed by atoms with Gasteiger partial charge in [0.1, 0.15) is 0 Å². The van der Waals surface area contributed by atoms with Gasteiger partial charge in [-0.3, -0.25) is 4.99 Å². The molecule has 0 amide bonds. The van der Waals surface area contributed by atoms with Gasteiger partial charge in [-0.05, 0) is 12.8 Å². The van der Waals surface area contributed by atoms with Crippen LogP contribution in [-0.4, -0.2) is 24.0 Å². The van der Waals surface area contributed by atoms with Crippen molar-refractivity contribution in [3.05, 3.63) is 0 Å². The third-order valence-electron chi connectivity index (χ3n) is 3.09. The molecule has 3 N–H and O–H groups in total. The van der Waals surface area contributed by atoms with Gasteiger partial charge in [-0.15, -0.1) is 24.0 Å². The van der Waals surface area contributed by atoms with Gasteiger partial charge in [0.2, 0.25) is 0 Å². The molecule has 0 aliphatic heterocycles. The minimum atomic E-state index is -2.49. The molecule has 0 aromatic carbocycles. The molecular formula is C10H18F2IN3. The number of halogens is 3. The molecule has 0 saturated heterocycles. The fourth-order valence-electron chi connectivity index (χ4n) is 2.24. The SMILES string of the molecule is I.NC(=NC1CCCC1)NC1CC(F)(F)C1. The van der Waals surface area contributed by atoms with Gasteiger partial charge in [0.15, 0.2) is 5.96 Å². The molecule has 2 aliphatic rings. The van der Waals surface area contributed by atoms with E-state index in [1.807, 2.05) is 0 Å². The molecule has 2 rings (SSSR count). The van der Waals surface area contributed by atoms with Gasteiger partial charge < -0.3 is 11.1 Å². The Bertz CT molecular complexity index is 257. The zero-order valence-electron chi connectivity index (χ0n) is 9.09. The fourth-order valence-corrected chi connectivity index (χ4v) is 2.24. The van der Waals surface area contributed by atoms with E-state index in [-0.39, 0.29) is 42.9 Å². The summed E-state index contributed by atoms with van der Waals surface area (Å²) in [6.45, 7) is 0. The molecule has 94 valence electrons. The minimum absolute atomic E-state index is 0. The zero-order valence-corrected chi connectivity index (χ0v) is 11.4. The number of nitrogens with zero attached hydrogens (tertiary/aromatic N) is 1. The first-order chi connectivity index (χ1) is 7.05. The van der Waals surface area contributed by atoms with Crippen molar-refractivity contribution >= 4 is 29.9 Å². The lowest BCUT2D eigenvalue weighted by Gasteiger charge is -2.35. The molecule has 2 saturated carbocycles. The summed E-state index contributed by atoms with van der Waals surface area (Å²) in [6, 6.07) is 0.114. The molecule has 0 aromatic rings. The standard InChI is InChI=1S/C10H17F2N3.HI/c11-10(12)5-8(6-10)15-9(13)14-7-3-1-2-4-7;/h7-8H,1-6H2,(H3,13,14,15);1H. The lowest BCUT2D eigenvalue weighted by Crippen LogP contribution is -2.52. The van der Waals surface area contributed by atoms with Gasteiger partial charge in [0.05, 0.1) is 6.04 Å². The second-order valence-corrected chi connectivity index (χ2v) is 4.56. The van der Waals surface area contributed by atoms with Crippen LogP contribution in [0.5, 0.6) is 0 Å². The highest BCUT2D eigenvalue weighted by molar-refractivity contribution is 14.0. The highest BCUT2D eigenvalue weighted by atomic mass is 127. The average molecular weight is 345 g/mol. The number of rotatable bonds is 2. The lowest BCUT2D eigenvalue weighted by molar-refractivity contribution is -0.0886. The number of nitrogens with one attached hydrogen (secondary N) is 1. The van der Waals surface area contributed by atoms with Crippen LogP contribution in [0.1, 0.15) is 38.5 Å². The molecule has 2 fully saturated rings. The van der Waals surface area contributed by atoms with E-state index in [9.17, 15) is 8.78 Å². The van der Waals surface area contributed by atoms with Crippen molar-refractivity contribution < 1.29 is 8.78 Å². The summed E-state index contributed by atoms with van der Waals surface area (Å²) in [7, 11) is 0. The predicted octanol–water partition coefficient (Wildman–Crippen LogP) is 2.25. The highest BCUT2D eigenvalue weighted by Gasteiger charge is 2.45. The quantitative estimate of drug-likeness (QED) is 0.458. The van der Waals surface area contributed by atoms with Gasteiger partial charge in [-0.25, -0.2) is 8.78 Å². The third-order valence-corrected chi connectivity index (χ3v) is 3.09. The third kappa shape index (κ3) is 3.71. The largest absolute Gasteiger partial charge is 0.370 e. The summed E-state index contributed by atoms with van der Waals surface area (Å²) in [5.74, 6) is -2.16. The summed E-state index contributed by atoms with van der Waals surface area (Å²) >= 11 is 0. The summed E-state index contributed by atoms with van der Waals surface area (Å²) < 4.78 is 25.0. The van der Waals surface area contributed by atoms with Gasteiger partial charge in [-0.2, -0.15) is 0 Å². The van der Waals surface area contributed by atoms with Crippen LogP contribution in [0.2, 0.25) is 0 Å². The van der Waals surface area contributed by atoms with Crippen LogP contribution < -0.4 is 11.1 Å². The first-order valence-electron chi connectivity index (χ1n) is 5.53. The molecule has 16 heavy (non-hydrogen) atoms. The van der Waals surface area contributed by atoms with Gasteiger partial charge in [0, 0.05) is 18.9 Å². The molecule has 3 nitrogen and oxygen atoms in total. The van der Waals surface area contributed by atoms with Gasteiger partial charge in [0.25, 0.3) is 5.92 Å². The van der Waals surface area contributed by atoms with Crippen molar-refractivity contribution in [2.75, 3.05) is 0 Å². The first-order valence-corrected chi connectivity index (χ1v) is 5.53. The number of guanidine groups is 1. The Morgan fingerprint density at radius 2 is 1.81 bits per heavy atom. The number of alkyl halides is 2. The molecule has 0 heterocycles. The maximum atomic E-state index is 12.5. The Balaban J connectivity index is 0.00000128. The zero-order chi connectivity index (χ0) is 10.9. The highest BCUT2D eigenvalue weighted by Crippen LogP contribution is 2.37. The smallest absolute Gasteiger partial charge is 0.252 e. The molecule has 0 radical (unpaired) electrons. The lowest BCUT2D eigenvalue weighted by atomic mass is 9.88. The Morgan fingerprint density at radius 3 is 2.31 bits per heavy atom. The molecule has 0 spiro atoms. The van der Waals surface area contributed by atoms with Crippen molar-refractivity contribution in [2.24, 2.45) is 10.7 Å². The topological polar surface area (TPSA) is 50.4 Å². The molecule has 2 aliphatic carbocycles. The first kappa shape index (κ1) is 13.9. The van der Waals surface area contributed by atoms with E-state index in [4.69, 9.17) is 5.73 Å². The molecule has 0 bridgehead atoms. The van der Waals surface area contributed by atoms with Crippen LogP contribution >= 0.6 is 24.0 Å².